The van der Waals surface area contributed by atoms with Crippen molar-refractivity contribution in [1.82, 2.24) is 9.97 Å². The Labute approximate surface area is 144 Å². The van der Waals surface area contributed by atoms with Crippen molar-refractivity contribution in [2.75, 3.05) is 13.7 Å². The Kier molecular flexibility index (Phi) is 4.98. The lowest BCUT2D eigenvalue weighted by atomic mass is 10.0. The Bertz CT molecular complexity index is 813. The topological polar surface area (TPSA) is 63.9 Å². The summed E-state index contributed by atoms with van der Waals surface area (Å²) in [5, 5.41) is 1.23. The minimum absolute atomic E-state index is 0.621. The van der Waals surface area contributed by atoms with Gasteiger partial charge in [0.15, 0.2) is 0 Å². The van der Waals surface area contributed by atoms with Gasteiger partial charge in [0.2, 0.25) is 5.88 Å². The van der Waals surface area contributed by atoms with Crippen LogP contribution in [0.2, 0.25) is 0 Å². The number of H-pyrrole nitrogens is 1. The number of aromatic amines is 1. The van der Waals surface area contributed by atoms with Crippen LogP contribution in [0.15, 0.2) is 40.9 Å². The normalized spacial score (nSPS) is 11.1. The first-order chi connectivity index (χ1) is 11.2. The molecule has 120 valence electrons. The molecule has 3 rings (SSSR count). The quantitative estimate of drug-likeness (QED) is 0.633. The Hall–Kier alpha value is -1.85. The number of aryl methyl sites for hydroxylation is 1. The molecule has 0 amide bonds. The van der Waals surface area contributed by atoms with Crippen molar-refractivity contribution in [2.24, 2.45) is 5.73 Å². The number of hydrogen-bond acceptors (Lipinski definition) is 3. The zero-order valence-corrected chi connectivity index (χ0v) is 14.7. The van der Waals surface area contributed by atoms with Crippen LogP contribution in [0.25, 0.3) is 22.3 Å². The molecule has 5 heteroatoms. The molecule has 1 aromatic carbocycles. The molecule has 0 fully saturated rings. The second-order valence-electron chi connectivity index (χ2n) is 5.48. The van der Waals surface area contributed by atoms with Crippen molar-refractivity contribution >= 4 is 26.8 Å². The van der Waals surface area contributed by atoms with Crippen molar-refractivity contribution in [1.29, 1.82) is 0 Å². The van der Waals surface area contributed by atoms with E-state index in [4.69, 9.17) is 10.5 Å². The predicted molar refractivity (Wildman–Crippen MR) is 97.8 cm³/mol. The molecule has 0 saturated carbocycles. The highest BCUT2D eigenvalue weighted by Gasteiger charge is 2.14. The number of fused-ring (bicyclic) bond motifs is 1. The van der Waals surface area contributed by atoms with Crippen molar-refractivity contribution in [3.05, 3.63) is 46.4 Å². The second-order valence-corrected chi connectivity index (χ2v) is 6.40. The number of nitrogens with two attached hydrogens (primary N) is 1. The maximum absolute atomic E-state index is 5.65. The average molecular weight is 374 g/mol. The third-order valence-electron chi connectivity index (χ3n) is 3.94. The first-order valence-corrected chi connectivity index (χ1v) is 8.54. The molecule has 0 aliphatic rings. The maximum Gasteiger partial charge on any atom is 0.213 e. The van der Waals surface area contributed by atoms with Gasteiger partial charge < -0.3 is 15.5 Å². The number of pyridine rings is 1. The summed E-state index contributed by atoms with van der Waals surface area (Å²) in [6.07, 6.45) is 3.06. The van der Waals surface area contributed by atoms with Gasteiger partial charge in [0.25, 0.3) is 0 Å². The van der Waals surface area contributed by atoms with E-state index >= 15 is 0 Å². The van der Waals surface area contributed by atoms with E-state index in [1.165, 1.54) is 10.9 Å². The van der Waals surface area contributed by atoms with E-state index in [-0.39, 0.29) is 0 Å². The first kappa shape index (κ1) is 16.0. The van der Waals surface area contributed by atoms with E-state index in [0.717, 1.165) is 47.2 Å². The number of aromatic nitrogens is 2. The number of rotatable bonds is 6. The standard InChI is InChI=1S/C18H20BrN3O/c1-23-17-7-4-6-16(21-17)18-13(5-2-3-10-20)14-11-12(19)8-9-15(14)22-18/h4,6-9,11,22H,2-3,5,10,20H2,1H3. The Morgan fingerprint density at radius 3 is 2.87 bits per heavy atom. The van der Waals surface area contributed by atoms with Crippen LogP contribution < -0.4 is 10.5 Å². The molecule has 0 saturated heterocycles. The highest BCUT2D eigenvalue weighted by atomic mass is 79.9. The van der Waals surface area contributed by atoms with Gasteiger partial charge in [-0.2, -0.15) is 0 Å². The van der Waals surface area contributed by atoms with Crippen LogP contribution in [0, 0.1) is 0 Å². The zero-order chi connectivity index (χ0) is 16.2. The maximum atomic E-state index is 5.65. The molecule has 0 aliphatic carbocycles. The molecule has 0 radical (unpaired) electrons. The fourth-order valence-corrected chi connectivity index (χ4v) is 3.17. The molecule has 0 unspecified atom stereocenters. The highest BCUT2D eigenvalue weighted by molar-refractivity contribution is 9.10. The van der Waals surface area contributed by atoms with E-state index < -0.39 is 0 Å². The van der Waals surface area contributed by atoms with Gasteiger partial charge in [0, 0.05) is 21.4 Å². The monoisotopic (exact) mass is 373 g/mol. The van der Waals surface area contributed by atoms with Gasteiger partial charge in [0.05, 0.1) is 18.5 Å². The molecular formula is C18H20BrN3O. The summed E-state index contributed by atoms with van der Waals surface area (Å²) < 4.78 is 6.34. The van der Waals surface area contributed by atoms with Gasteiger partial charge in [-0.1, -0.05) is 22.0 Å². The number of nitrogens with one attached hydrogen (secondary N) is 1. The van der Waals surface area contributed by atoms with Gasteiger partial charge in [-0.3, -0.25) is 0 Å². The minimum Gasteiger partial charge on any atom is -0.481 e. The van der Waals surface area contributed by atoms with Crippen molar-refractivity contribution in [3.8, 4) is 17.3 Å². The summed E-state index contributed by atoms with van der Waals surface area (Å²) in [5.41, 5.74) is 10.0. The molecule has 2 aromatic heterocycles. The lowest BCUT2D eigenvalue weighted by molar-refractivity contribution is 0.398. The fourth-order valence-electron chi connectivity index (χ4n) is 2.81. The summed E-state index contributed by atoms with van der Waals surface area (Å²) in [7, 11) is 1.64. The van der Waals surface area contributed by atoms with Crippen molar-refractivity contribution in [3.63, 3.8) is 0 Å². The molecule has 2 heterocycles. The lowest BCUT2D eigenvalue weighted by Gasteiger charge is -2.06. The minimum atomic E-state index is 0.621. The van der Waals surface area contributed by atoms with Crippen LogP contribution in [0.4, 0.5) is 0 Å². The third-order valence-corrected chi connectivity index (χ3v) is 4.43. The van der Waals surface area contributed by atoms with E-state index in [1.54, 1.807) is 7.11 Å². The van der Waals surface area contributed by atoms with Crippen LogP contribution in [0.1, 0.15) is 18.4 Å². The third kappa shape index (κ3) is 3.41. The molecule has 0 aliphatic heterocycles. The average Bonchev–Trinajstić information content (AvgIpc) is 2.93. The van der Waals surface area contributed by atoms with Crippen LogP contribution in [-0.4, -0.2) is 23.6 Å². The Balaban J connectivity index is 2.11. The Morgan fingerprint density at radius 1 is 1.22 bits per heavy atom. The van der Waals surface area contributed by atoms with Gasteiger partial charge >= 0.3 is 0 Å². The number of unbranched alkanes of at least 4 members (excludes halogenated alkanes) is 1. The zero-order valence-electron chi connectivity index (χ0n) is 13.1. The van der Waals surface area contributed by atoms with Gasteiger partial charge in [-0.25, -0.2) is 4.98 Å². The predicted octanol–water partition coefficient (Wildman–Crippen LogP) is 4.28. The van der Waals surface area contributed by atoms with Crippen LogP contribution >= 0.6 is 15.9 Å². The molecular weight excluding hydrogens is 354 g/mol. The van der Waals surface area contributed by atoms with E-state index in [2.05, 4.69) is 38.0 Å². The SMILES string of the molecule is COc1cccc(-c2[nH]c3ccc(Br)cc3c2CCCCN)n1. The highest BCUT2D eigenvalue weighted by Crippen LogP contribution is 2.33. The smallest absolute Gasteiger partial charge is 0.213 e. The summed E-state index contributed by atoms with van der Waals surface area (Å²) in [6, 6.07) is 12.1. The number of benzene rings is 1. The first-order valence-electron chi connectivity index (χ1n) is 7.74. The number of halogens is 1. The van der Waals surface area contributed by atoms with Crippen molar-refractivity contribution in [2.45, 2.75) is 19.3 Å². The number of hydrogen-bond donors (Lipinski definition) is 2. The lowest BCUT2D eigenvalue weighted by Crippen LogP contribution is -1.99. The number of methoxy groups -OCH3 is 1. The summed E-state index contributed by atoms with van der Waals surface area (Å²) in [4.78, 5) is 8.09. The van der Waals surface area contributed by atoms with Crippen LogP contribution in [0.5, 0.6) is 5.88 Å². The molecule has 3 N–H and O–H groups in total. The molecule has 3 aromatic rings. The van der Waals surface area contributed by atoms with E-state index in [1.807, 2.05) is 24.3 Å². The number of ether oxygens (including phenoxy) is 1. The van der Waals surface area contributed by atoms with E-state index in [9.17, 15) is 0 Å². The summed E-state index contributed by atoms with van der Waals surface area (Å²) in [5.74, 6) is 0.621. The molecule has 4 nitrogen and oxygen atoms in total. The Morgan fingerprint density at radius 2 is 2.09 bits per heavy atom. The molecule has 0 bridgehead atoms. The second kappa shape index (κ2) is 7.15. The number of nitrogens with zero attached hydrogens (tertiary/aromatic N) is 1. The van der Waals surface area contributed by atoms with E-state index in [0.29, 0.717) is 5.88 Å². The van der Waals surface area contributed by atoms with Crippen LogP contribution in [0.3, 0.4) is 0 Å². The van der Waals surface area contributed by atoms with Gasteiger partial charge in [-0.15, -0.1) is 0 Å². The van der Waals surface area contributed by atoms with Gasteiger partial charge in [-0.05, 0) is 55.6 Å². The largest absolute Gasteiger partial charge is 0.481 e. The summed E-state index contributed by atoms with van der Waals surface area (Å²) >= 11 is 3.57. The molecule has 23 heavy (non-hydrogen) atoms. The summed E-state index contributed by atoms with van der Waals surface area (Å²) in [6.45, 7) is 0.721. The fraction of sp³-hybridized carbons (Fsp3) is 0.278. The molecule has 0 spiro atoms. The van der Waals surface area contributed by atoms with Crippen molar-refractivity contribution < 1.29 is 4.74 Å². The van der Waals surface area contributed by atoms with Gasteiger partial charge in [0.1, 0.15) is 0 Å². The molecule has 0 atom stereocenters. The van der Waals surface area contributed by atoms with Crippen LogP contribution in [-0.2, 0) is 6.42 Å².